The molecule has 214 valence electrons. The molecule has 0 radical (unpaired) electrons. The molecule has 11 heteroatoms. The number of urea groups is 1. The van der Waals surface area contributed by atoms with E-state index in [1.807, 2.05) is 22.5 Å². The van der Waals surface area contributed by atoms with Crippen molar-refractivity contribution in [2.45, 2.75) is 49.9 Å². The van der Waals surface area contributed by atoms with Gasteiger partial charge in [0, 0.05) is 50.1 Å². The first kappa shape index (κ1) is 27.1. The molecular formula is C30H31F3N6O2. The number of hydrogen-bond donors (Lipinski definition) is 2. The number of fused-ring (bicyclic) bond motifs is 2. The average molecular weight is 565 g/mol. The van der Waals surface area contributed by atoms with Gasteiger partial charge in [0.25, 0.3) is 0 Å². The number of amides is 2. The minimum atomic E-state index is -4.51. The van der Waals surface area contributed by atoms with E-state index in [9.17, 15) is 23.1 Å². The first-order chi connectivity index (χ1) is 19.4. The van der Waals surface area contributed by atoms with Crippen LogP contribution in [0.2, 0.25) is 0 Å². The number of hydrogen-bond acceptors (Lipinski definition) is 5. The molecule has 0 aliphatic carbocycles. The van der Waals surface area contributed by atoms with Gasteiger partial charge >= 0.3 is 12.2 Å². The number of aromatic nitrogens is 3. The molecule has 2 fully saturated rings. The number of carbonyl (C=O) groups is 1. The van der Waals surface area contributed by atoms with Crippen LogP contribution in [0.1, 0.15) is 54.6 Å². The minimum absolute atomic E-state index is 0.00525. The average Bonchev–Trinajstić information content (AvgIpc) is 3.36. The maximum Gasteiger partial charge on any atom is 0.416 e. The zero-order chi connectivity index (χ0) is 29.1. The molecule has 2 saturated heterocycles. The van der Waals surface area contributed by atoms with Crippen LogP contribution < -0.4 is 5.73 Å². The summed E-state index contributed by atoms with van der Waals surface area (Å²) in [4.78, 5) is 25.9. The molecule has 2 aromatic carbocycles. The largest absolute Gasteiger partial charge is 0.416 e. The van der Waals surface area contributed by atoms with Crippen LogP contribution in [-0.2, 0) is 11.8 Å². The molecule has 8 nitrogen and oxygen atoms in total. The summed E-state index contributed by atoms with van der Waals surface area (Å²) in [6, 6.07) is 11.9. The van der Waals surface area contributed by atoms with Gasteiger partial charge in [-0.05, 0) is 49.4 Å². The summed E-state index contributed by atoms with van der Waals surface area (Å²) in [5, 5.41) is 11.3. The fraction of sp³-hybridized carbons (Fsp3) is 0.367. The predicted molar refractivity (Wildman–Crippen MR) is 148 cm³/mol. The third kappa shape index (κ3) is 4.67. The lowest BCUT2D eigenvalue weighted by molar-refractivity contribution is -0.137. The molecule has 6 rings (SSSR count). The van der Waals surface area contributed by atoms with Crippen LogP contribution in [0.3, 0.4) is 0 Å². The number of nitrogens with zero attached hydrogens (tertiary/aromatic N) is 5. The maximum absolute atomic E-state index is 13.3. The highest BCUT2D eigenvalue weighted by Gasteiger charge is 2.39. The number of nitrogens with two attached hydrogens (primary N) is 1. The normalized spacial score (nSPS) is 21.2. The summed E-state index contributed by atoms with van der Waals surface area (Å²) >= 11 is 0. The Kier molecular flexibility index (Phi) is 6.44. The molecule has 0 spiro atoms. The molecular weight excluding hydrogens is 533 g/mol. The molecule has 2 aliphatic heterocycles. The number of imidazole rings is 1. The van der Waals surface area contributed by atoms with Crippen LogP contribution in [0.5, 0.6) is 0 Å². The molecule has 2 amide bonds. The number of benzene rings is 2. The summed E-state index contributed by atoms with van der Waals surface area (Å²) in [6.07, 6.45) is 1.67. The molecule has 0 saturated carbocycles. The number of rotatable bonds is 4. The van der Waals surface area contributed by atoms with Gasteiger partial charge < -0.3 is 20.6 Å². The zero-order valence-electron chi connectivity index (χ0n) is 22.8. The Morgan fingerprint density at radius 3 is 2.49 bits per heavy atom. The van der Waals surface area contributed by atoms with E-state index in [1.165, 1.54) is 19.1 Å². The van der Waals surface area contributed by atoms with Crippen molar-refractivity contribution in [3.63, 3.8) is 0 Å². The van der Waals surface area contributed by atoms with Crippen molar-refractivity contribution >= 4 is 17.4 Å². The van der Waals surface area contributed by atoms with Gasteiger partial charge in [-0.3, -0.25) is 4.40 Å². The van der Waals surface area contributed by atoms with Gasteiger partial charge in [0.15, 0.2) is 0 Å². The highest BCUT2D eigenvalue weighted by atomic mass is 19.4. The van der Waals surface area contributed by atoms with E-state index in [4.69, 9.17) is 10.7 Å². The molecule has 0 unspecified atom stereocenters. The van der Waals surface area contributed by atoms with E-state index in [0.29, 0.717) is 29.1 Å². The van der Waals surface area contributed by atoms with E-state index in [1.54, 1.807) is 35.4 Å². The maximum atomic E-state index is 13.3. The summed E-state index contributed by atoms with van der Waals surface area (Å²) in [6.45, 7) is 2.80. The number of piperidine rings is 1. The number of aliphatic hydroxyl groups is 1. The van der Waals surface area contributed by atoms with Gasteiger partial charge in [-0.15, -0.1) is 0 Å². The van der Waals surface area contributed by atoms with Gasteiger partial charge in [0.2, 0.25) is 0 Å². The standard InChI is InChI=1S/C30H31F3N6O2/c1-29(41,21-4-3-5-22(16-21)30(31,32)33)20-9-6-18(7-10-20)24-25-26(34)35-13-15-38(25)27(36-24)19-8-11-23-12-14-37(2)28(40)39(23)17-19/h3-7,9-10,13,15-16,19,23,41H,8,11-12,14,17H2,1-2H3,(H2,34,35)/t19-,23+,29-/m1/s1. The Balaban J connectivity index is 1.35. The number of anilines is 1. The first-order valence-corrected chi connectivity index (χ1v) is 13.6. The van der Waals surface area contributed by atoms with Crippen molar-refractivity contribution in [1.82, 2.24) is 24.2 Å². The number of alkyl halides is 3. The van der Waals surface area contributed by atoms with Crippen LogP contribution in [-0.4, -0.2) is 61.5 Å². The fourth-order valence-electron chi connectivity index (χ4n) is 6.12. The van der Waals surface area contributed by atoms with E-state index in [-0.39, 0.29) is 23.6 Å². The Bertz CT molecular complexity index is 1620. The van der Waals surface area contributed by atoms with Gasteiger partial charge in [-0.25, -0.2) is 14.8 Å². The van der Waals surface area contributed by atoms with Gasteiger partial charge in [0.05, 0.1) is 5.56 Å². The first-order valence-electron chi connectivity index (χ1n) is 13.6. The molecule has 0 bridgehead atoms. The summed E-state index contributed by atoms with van der Waals surface area (Å²) in [5.41, 5.74) is 6.40. The summed E-state index contributed by atoms with van der Waals surface area (Å²) in [7, 11) is 1.83. The third-order valence-electron chi connectivity index (χ3n) is 8.52. The molecule has 2 aromatic heterocycles. The molecule has 4 aromatic rings. The summed E-state index contributed by atoms with van der Waals surface area (Å²) < 4.78 is 41.8. The van der Waals surface area contributed by atoms with E-state index in [0.717, 1.165) is 49.3 Å². The highest BCUT2D eigenvalue weighted by molar-refractivity contribution is 5.85. The molecule has 4 heterocycles. The lowest BCUT2D eigenvalue weighted by Crippen LogP contribution is -2.56. The predicted octanol–water partition coefficient (Wildman–Crippen LogP) is 5.26. The SMILES string of the molecule is CN1CC[C@@H]2CC[C@@H](c3nc(-c4ccc([C@@](C)(O)c5cccc(C(F)(F)F)c5)cc4)c4c(N)nccn34)CN2C1=O. The van der Waals surface area contributed by atoms with Gasteiger partial charge in [0.1, 0.15) is 28.5 Å². The molecule has 3 atom stereocenters. The molecule has 41 heavy (non-hydrogen) atoms. The zero-order valence-corrected chi connectivity index (χ0v) is 22.8. The topological polar surface area (TPSA) is 100.0 Å². The minimum Gasteiger partial charge on any atom is -0.382 e. The van der Waals surface area contributed by atoms with Crippen molar-refractivity contribution in [3.8, 4) is 11.3 Å². The second-order valence-electron chi connectivity index (χ2n) is 11.2. The highest BCUT2D eigenvalue weighted by Crippen LogP contribution is 2.39. The fourth-order valence-corrected chi connectivity index (χ4v) is 6.12. The van der Waals surface area contributed by atoms with Crippen molar-refractivity contribution in [1.29, 1.82) is 0 Å². The van der Waals surface area contributed by atoms with Crippen molar-refractivity contribution in [2.75, 3.05) is 25.9 Å². The number of halogens is 3. The van der Waals surface area contributed by atoms with Crippen LogP contribution in [0, 0.1) is 0 Å². The van der Waals surface area contributed by atoms with Crippen molar-refractivity contribution in [2.24, 2.45) is 0 Å². The van der Waals surface area contributed by atoms with Crippen LogP contribution in [0.15, 0.2) is 60.9 Å². The molecule has 2 aliphatic rings. The van der Waals surface area contributed by atoms with Crippen molar-refractivity contribution < 1.29 is 23.1 Å². The Labute approximate surface area is 235 Å². The second-order valence-corrected chi connectivity index (χ2v) is 11.2. The third-order valence-corrected chi connectivity index (χ3v) is 8.52. The van der Waals surface area contributed by atoms with Gasteiger partial charge in [-0.2, -0.15) is 13.2 Å². The van der Waals surface area contributed by atoms with Gasteiger partial charge in [-0.1, -0.05) is 36.4 Å². The lowest BCUT2D eigenvalue weighted by atomic mass is 9.87. The van der Waals surface area contributed by atoms with Crippen LogP contribution >= 0.6 is 0 Å². The monoisotopic (exact) mass is 564 g/mol. The Hall–Kier alpha value is -4.12. The smallest absolute Gasteiger partial charge is 0.382 e. The molecule has 3 N–H and O–H groups in total. The van der Waals surface area contributed by atoms with E-state index in [2.05, 4.69) is 4.98 Å². The van der Waals surface area contributed by atoms with Crippen LogP contribution in [0.4, 0.5) is 23.8 Å². The van der Waals surface area contributed by atoms with Crippen LogP contribution in [0.25, 0.3) is 16.8 Å². The quantitative estimate of drug-likeness (QED) is 0.353. The van der Waals surface area contributed by atoms with E-state index >= 15 is 0 Å². The number of carbonyl (C=O) groups excluding carboxylic acids is 1. The Morgan fingerprint density at radius 1 is 1.02 bits per heavy atom. The van der Waals surface area contributed by atoms with Crippen molar-refractivity contribution in [3.05, 3.63) is 83.4 Å². The Morgan fingerprint density at radius 2 is 1.76 bits per heavy atom. The lowest BCUT2D eigenvalue weighted by Gasteiger charge is -2.45. The number of nitrogen functional groups attached to an aromatic ring is 1. The van der Waals surface area contributed by atoms with E-state index < -0.39 is 17.3 Å². The second kappa shape index (κ2) is 9.76. The summed E-state index contributed by atoms with van der Waals surface area (Å²) in [5.74, 6) is 1.11.